The van der Waals surface area contributed by atoms with Gasteiger partial charge in [0.2, 0.25) is 11.8 Å². The molecule has 25 heavy (non-hydrogen) atoms. The number of amides is 2. The van der Waals surface area contributed by atoms with Crippen LogP contribution in [0.15, 0.2) is 30.3 Å². The zero-order chi connectivity index (χ0) is 18.2. The minimum Gasteiger partial charge on any atom is -0.366 e. The van der Waals surface area contributed by atoms with Gasteiger partial charge in [-0.15, -0.1) is 0 Å². The average Bonchev–Trinajstić information content (AvgIpc) is 2.98. The third-order valence-corrected chi connectivity index (χ3v) is 4.23. The Bertz CT molecular complexity index is 562. The smallest absolute Gasteiger partial charge is 0.242 e. The molecule has 2 amide bonds. The maximum absolute atomic E-state index is 12.5. The van der Waals surface area contributed by atoms with Crippen LogP contribution in [0.5, 0.6) is 0 Å². The lowest BCUT2D eigenvalue weighted by Crippen LogP contribution is -2.51. The Kier molecular flexibility index (Phi) is 7.40. The van der Waals surface area contributed by atoms with Gasteiger partial charge in [-0.1, -0.05) is 44.2 Å². The van der Waals surface area contributed by atoms with E-state index in [2.05, 4.69) is 10.6 Å². The van der Waals surface area contributed by atoms with Crippen LogP contribution in [0.3, 0.4) is 0 Å². The predicted molar refractivity (Wildman–Crippen MR) is 94.7 cm³/mol. The van der Waals surface area contributed by atoms with Crippen LogP contribution in [-0.2, 0) is 20.7 Å². The normalized spacial score (nSPS) is 21.1. The summed E-state index contributed by atoms with van der Waals surface area (Å²) in [6, 6.07) is 8.77. The summed E-state index contributed by atoms with van der Waals surface area (Å²) in [4.78, 5) is 24.7. The predicted octanol–water partition coefficient (Wildman–Crippen LogP) is 1.37. The Morgan fingerprint density at radius 1 is 1.28 bits per heavy atom. The van der Waals surface area contributed by atoms with Crippen LogP contribution < -0.4 is 10.6 Å². The van der Waals surface area contributed by atoms with Crippen LogP contribution >= 0.6 is 0 Å². The molecule has 2 rings (SSSR count). The van der Waals surface area contributed by atoms with E-state index < -0.39 is 18.4 Å². The molecule has 0 aliphatic carbocycles. The molecule has 6 nitrogen and oxygen atoms in total. The number of hydrogen-bond acceptors (Lipinski definition) is 4. The minimum absolute atomic E-state index is 0.145. The van der Waals surface area contributed by atoms with Crippen LogP contribution in [0.2, 0.25) is 0 Å². The van der Waals surface area contributed by atoms with E-state index >= 15 is 0 Å². The Balaban J connectivity index is 1.87. The fourth-order valence-electron chi connectivity index (χ4n) is 2.87. The van der Waals surface area contributed by atoms with E-state index in [0.717, 1.165) is 5.56 Å². The number of aliphatic hydroxyl groups excluding tert-OH is 1. The topological polar surface area (TPSA) is 87.7 Å². The maximum atomic E-state index is 12.5. The second-order valence-corrected chi connectivity index (χ2v) is 6.90. The first-order valence-electron chi connectivity index (χ1n) is 8.89. The van der Waals surface area contributed by atoms with Crippen molar-refractivity contribution < 1.29 is 19.4 Å². The van der Waals surface area contributed by atoms with E-state index in [-0.39, 0.29) is 17.7 Å². The molecule has 0 spiro atoms. The highest BCUT2D eigenvalue weighted by Crippen LogP contribution is 2.12. The molecule has 3 atom stereocenters. The van der Waals surface area contributed by atoms with Gasteiger partial charge in [0.1, 0.15) is 6.04 Å². The summed E-state index contributed by atoms with van der Waals surface area (Å²) < 4.78 is 5.05. The molecule has 138 valence electrons. The third kappa shape index (κ3) is 6.48. The van der Waals surface area contributed by atoms with Crippen LogP contribution in [0.1, 0.15) is 38.7 Å². The van der Waals surface area contributed by atoms with Gasteiger partial charge in [-0.3, -0.25) is 9.59 Å². The number of ether oxygens (including phenoxy) is 1. The van der Waals surface area contributed by atoms with Crippen LogP contribution in [0.25, 0.3) is 0 Å². The highest BCUT2D eigenvalue weighted by atomic mass is 16.6. The Hall–Kier alpha value is -1.92. The van der Waals surface area contributed by atoms with Gasteiger partial charge in [0.05, 0.1) is 12.6 Å². The number of benzene rings is 1. The van der Waals surface area contributed by atoms with E-state index in [0.29, 0.717) is 32.3 Å². The number of aliphatic hydroxyl groups is 1. The molecule has 6 heteroatoms. The Morgan fingerprint density at radius 3 is 2.60 bits per heavy atom. The van der Waals surface area contributed by atoms with E-state index in [9.17, 15) is 14.7 Å². The summed E-state index contributed by atoms with van der Waals surface area (Å²) in [5.74, 6) is -0.154. The first kappa shape index (κ1) is 19.4. The quantitative estimate of drug-likeness (QED) is 0.662. The van der Waals surface area contributed by atoms with E-state index in [1.807, 2.05) is 44.2 Å². The van der Waals surface area contributed by atoms with Crippen molar-refractivity contribution in [3.05, 3.63) is 35.9 Å². The van der Waals surface area contributed by atoms with Crippen molar-refractivity contribution in [3.8, 4) is 0 Å². The van der Waals surface area contributed by atoms with Crippen molar-refractivity contribution in [3.63, 3.8) is 0 Å². The summed E-state index contributed by atoms with van der Waals surface area (Å²) in [5, 5.41) is 15.3. The van der Waals surface area contributed by atoms with Gasteiger partial charge in [-0.05, 0) is 30.7 Å². The third-order valence-electron chi connectivity index (χ3n) is 4.23. The van der Waals surface area contributed by atoms with Crippen LogP contribution in [-0.4, -0.2) is 41.9 Å². The monoisotopic (exact) mass is 348 g/mol. The number of nitrogens with one attached hydrogen (secondary N) is 2. The minimum atomic E-state index is -0.975. The molecule has 1 aliphatic rings. The molecule has 1 aromatic carbocycles. The molecule has 0 radical (unpaired) electrons. The van der Waals surface area contributed by atoms with Gasteiger partial charge >= 0.3 is 0 Å². The molecule has 3 unspecified atom stereocenters. The Morgan fingerprint density at radius 2 is 2.00 bits per heavy atom. The maximum Gasteiger partial charge on any atom is 0.242 e. The number of carbonyl (C=O) groups excluding carboxylic acids is 2. The van der Waals surface area contributed by atoms with Gasteiger partial charge < -0.3 is 20.5 Å². The summed E-state index contributed by atoms with van der Waals surface area (Å²) >= 11 is 0. The first-order valence-corrected chi connectivity index (χ1v) is 8.89. The highest BCUT2D eigenvalue weighted by Gasteiger charge is 2.30. The molecule has 0 aromatic heterocycles. The summed E-state index contributed by atoms with van der Waals surface area (Å²) in [6.07, 6.45) is 1.12. The number of rotatable bonds is 8. The van der Waals surface area contributed by atoms with Crippen molar-refractivity contribution in [2.75, 3.05) is 6.61 Å². The summed E-state index contributed by atoms with van der Waals surface area (Å²) in [7, 11) is 0. The molecular formula is C19H28N2O4. The summed E-state index contributed by atoms with van der Waals surface area (Å²) in [5.41, 5.74) is 1.09. The summed E-state index contributed by atoms with van der Waals surface area (Å²) in [6.45, 7) is 4.43. The molecule has 1 aromatic rings. The van der Waals surface area contributed by atoms with Crippen molar-refractivity contribution in [2.45, 2.75) is 57.9 Å². The Labute approximate surface area is 149 Å². The zero-order valence-corrected chi connectivity index (χ0v) is 14.9. The lowest BCUT2D eigenvalue weighted by Gasteiger charge is -2.23. The number of carbonyl (C=O) groups is 2. The molecule has 3 N–H and O–H groups in total. The van der Waals surface area contributed by atoms with Crippen LogP contribution in [0, 0.1) is 5.92 Å². The average molecular weight is 348 g/mol. The molecule has 1 saturated heterocycles. The molecule has 1 fully saturated rings. The highest BCUT2D eigenvalue weighted by molar-refractivity contribution is 5.87. The van der Waals surface area contributed by atoms with E-state index in [1.165, 1.54) is 0 Å². The standard InChI is InChI=1S/C19H28N2O4/c1-13(2)12-16(18(23)21-15-10-11-25-19(15)24)20-17(22)9-8-14-6-4-3-5-7-14/h3-7,13,15-16,19,24H,8-12H2,1-2H3,(H,20,22)(H,21,23). The van der Waals surface area contributed by atoms with E-state index in [4.69, 9.17) is 4.74 Å². The van der Waals surface area contributed by atoms with Gasteiger partial charge in [-0.25, -0.2) is 0 Å². The molecule has 0 bridgehead atoms. The number of aryl methyl sites for hydroxylation is 1. The van der Waals surface area contributed by atoms with Gasteiger partial charge in [0.25, 0.3) is 0 Å². The molecule has 1 aliphatic heterocycles. The lowest BCUT2D eigenvalue weighted by atomic mass is 10.0. The molecular weight excluding hydrogens is 320 g/mol. The second-order valence-electron chi connectivity index (χ2n) is 6.90. The van der Waals surface area contributed by atoms with Crippen molar-refractivity contribution in [1.82, 2.24) is 10.6 Å². The van der Waals surface area contributed by atoms with Gasteiger partial charge in [0.15, 0.2) is 6.29 Å². The van der Waals surface area contributed by atoms with Gasteiger partial charge in [0, 0.05) is 6.42 Å². The van der Waals surface area contributed by atoms with Crippen molar-refractivity contribution in [2.24, 2.45) is 5.92 Å². The number of hydrogen-bond donors (Lipinski definition) is 3. The fourth-order valence-corrected chi connectivity index (χ4v) is 2.87. The first-order chi connectivity index (χ1) is 12.0. The van der Waals surface area contributed by atoms with Crippen LogP contribution in [0.4, 0.5) is 0 Å². The van der Waals surface area contributed by atoms with Gasteiger partial charge in [-0.2, -0.15) is 0 Å². The zero-order valence-electron chi connectivity index (χ0n) is 14.9. The van der Waals surface area contributed by atoms with Crippen molar-refractivity contribution >= 4 is 11.8 Å². The fraction of sp³-hybridized carbons (Fsp3) is 0.579. The van der Waals surface area contributed by atoms with E-state index in [1.54, 1.807) is 0 Å². The molecule has 1 heterocycles. The second kappa shape index (κ2) is 9.53. The molecule has 0 saturated carbocycles. The SMILES string of the molecule is CC(C)CC(NC(=O)CCc1ccccc1)C(=O)NC1CCOC1O. The van der Waals surface area contributed by atoms with Crippen molar-refractivity contribution in [1.29, 1.82) is 0 Å². The lowest BCUT2D eigenvalue weighted by molar-refractivity contribution is -0.131. The largest absolute Gasteiger partial charge is 0.366 e.